The highest BCUT2D eigenvalue weighted by molar-refractivity contribution is 7.51. The number of pyridine rings is 1. The Kier molecular flexibility index (Phi) is 9.04. The van der Waals surface area contributed by atoms with Crippen molar-refractivity contribution in [3.05, 3.63) is 71.9 Å². The number of hydrogen-bond donors (Lipinski definition) is 3. The molecule has 6 nitrogen and oxygen atoms in total. The van der Waals surface area contributed by atoms with Crippen molar-refractivity contribution in [1.29, 1.82) is 0 Å². The van der Waals surface area contributed by atoms with Gasteiger partial charge >= 0.3 is 7.60 Å². The van der Waals surface area contributed by atoms with E-state index in [0.717, 1.165) is 47.9 Å². The van der Waals surface area contributed by atoms with E-state index in [1.54, 1.807) is 6.20 Å². The Morgan fingerprint density at radius 2 is 1.77 bits per heavy atom. The molecule has 0 aliphatic carbocycles. The van der Waals surface area contributed by atoms with Crippen LogP contribution in [0.1, 0.15) is 36.8 Å². The van der Waals surface area contributed by atoms with Crippen LogP contribution < -0.4 is 10.1 Å². The maximum Gasteiger partial charge on any atom is 0.325 e. The summed E-state index contributed by atoms with van der Waals surface area (Å²) in [6, 6.07) is 18.5. The second-order valence-electron chi connectivity index (χ2n) is 7.69. The van der Waals surface area contributed by atoms with E-state index in [0.29, 0.717) is 26.1 Å². The minimum absolute atomic E-state index is 0.0968. The molecule has 0 amide bonds. The Bertz CT molecular complexity index is 991. The lowest BCUT2D eigenvalue weighted by Gasteiger charge is -2.13. The van der Waals surface area contributed by atoms with E-state index in [1.165, 1.54) is 5.56 Å². The topological polar surface area (TPSA) is 91.7 Å². The minimum Gasteiger partial charge on any atom is -0.491 e. The van der Waals surface area contributed by atoms with Crippen LogP contribution in [-0.2, 0) is 17.5 Å². The second kappa shape index (κ2) is 12.0. The Morgan fingerprint density at radius 3 is 2.58 bits per heavy atom. The summed E-state index contributed by atoms with van der Waals surface area (Å²) >= 11 is 0. The molecule has 3 N–H and O–H groups in total. The predicted molar refractivity (Wildman–Crippen MR) is 124 cm³/mol. The van der Waals surface area contributed by atoms with Gasteiger partial charge in [0.05, 0.1) is 12.8 Å². The third kappa shape index (κ3) is 8.08. The molecule has 3 aromatic rings. The van der Waals surface area contributed by atoms with Crippen LogP contribution in [0, 0.1) is 0 Å². The largest absolute Gasteiger partial charge is 0.491 e. The lowest BCUT2D eigenvalue weighted by atomic mass is 10.1. The molecular formula is C24H31N2O4P. The van der Waals surface area contributed by atoms with Crippen molar-refractivity contribution in [3.8, 4) is 5.75 Å². The summed E-state index contributed by atoms with van der Waals surface area (Å²) in [5.41, 5.74) is 3.32. The van der Waals surface area contributed by atoms with E-state index in [1.807, 2.05) is 30.3 Å². The number of ether oxygens (including phenoxy) is 1. The van der Waals surface area contributed by atoms with Gasteiger partial charge in [-0.2, -0.15) is 0 Å². The van der Waals surface area contributed by atoms with E-state index in [9.17, 15) is 4.57 Å². The zero-order valence-electron chi connectivity index (χ0n) is 17.7. The summed E-state index contributed by atoms with van der Waals surface area (Å²) in [5, 5.41) is 4.29. The highest BCUT2D eigenvalue weighted by atomic mass is 31.2. The highest BCUT2D eigenvalue weighted by Crippen LogP contribution is 2.34. The van der Waals surface area contributed by atoms with Crippen molar-refractivity contribution >= 4 is 18.5 Å². The van der Waals surface area contributed by atoms with Crippen LogP contribution in [-0.4, -0.2) is 34.1 Å². The van der Waals surface area contributed by atoms with E-state index in [4.69, 9.17) is 14.5 Å². The monoisotopic (exact) mass is 442 g/mol. The number of aromatic nitrogens is 1. The molecule has 0 bridgehead atoms. The quantitative estimate of drug-likeness (QED) is 0.263. The van der Waals surface area contributed by atoms with Gasteiger partial charge in [0.15, 0.2) is 0 Å². The van der Waals surface area contributed by atoms with Crippen LogP contribution >= 0.6 is 7.60 Å². The number of benzene rings is 2. The van der Waals surface area contributed by atoms with Crippen molar-refractivity contribution in [1.82, 2.24) is 10.3 Å². The van der Waals surface area contributed by atoms with Gasteiger partial charge in [-0.15, -0.1) is 0 Å². The predicted octanol–water partition coefficient (Wildman–Crippen LogP) is 4.68. The first-order chi connectivity index (χ1) is 15.0. The second-order valence-corrected chi connectivity index (χ2v) is 9.46. The number of nitrogens with zero attached hydrogens (tertiary/aromatic N) is 1. The molecule has 0 fully saturated rings. The molecule has 31 heavy (non-hydrogen) atoms. The van der Waals surface area contributed by atoms with Gasteiger partial charge in [0.25, 0.3) is 0 Å². The molecule has 2 aromatic carbocycles. The molecule has 0 saturated carbocycles. The van der Waals surface area contributed by atoms with Crippen LogP contribution in [0.5, 0.6) is 5.75 Å². The Morgan fingerprint density at radius 1 is 0.935 bits per heavy atom. The van der Waals surface area contributed by atoms with E-state index in [2.05, 4.69) is 34.6 Å². The van der Waals surface area contributed by atoms with Crippen molar-refractivity contribution in [2.45, 2.75) is 38.6 Å². The standard InChI is InChI=1S/C24H31N2O4P/c27-31(28,29)18-8-15-25-19-21-13-14-23(24-22(21)12-7-16-26-24)30-17-6-2-5-11-20-9-3-1-4-10-20/h1,3-4,7,9-10,12-14,16,25H,2,5-6,8,11,15,17-19H2,(H2,27,28,29). The SMILES string of the molecule is O=P(O)(O)CCCNCc1ccc(OCCCCCc2ccccc2)c2ncccc12. The minimum atomic E-state index is -3.92. The summed E-state index contributed by atoms with van der Waals surface area (Å²) < 4.78 is 17.0. The van der Waals surface area contributed by atoms with Gasteiger partial charge < -0.3 is 19.8 Å². The molecule has 0 atom stereocenters. The molecule has 0 aliphatic rings. The fourth-order valence-electron chi connectivity index (χ4n) is 3.54. The molecule has 1 heterocycles. The van der Waals surface area contributed by atoms with Crippen molar-refractivity contribution in [2.24, 2.45) is 0 Å². The first-order valence-corrected chi connectivity index (χ1v) is 12.6. The van der Waals surface area contributed by atoms with Crippen LogP contribution in [0.25, 0.3) is 10.9 Å². The summed E-state index contributed by atoms with van der Waals surface area (Å²) in [6.45, 7) is 1.83. The molecule has 0 radical (unpaired) electrons. The lowest BCUT2D eigenvalue weighted by molar-refractivity contribution is 0.308. The molecule has 7 heteroatoms. The summed E-state index contributed by atoms with van der Waals surface area (Å²) in [4.78, 5) is 22.4. The Hall–Kier alpha value is -2.24. The summed E-state index contributed by atoms with van der Waals surface area (Å²) in [6.07, 6.45) is 6.49. The van der Waals surface area contributed by atoms with Gasteiger partial charge in [0.1, 0.15) is 11.3 Å². The lowest BCUT2D eigenvalue weighted by Crippen LogP contribution is -2.16. The zero-order valence-corrected chi connectivity index (χ0v) is 18.6. The number of hydrogen-bond acceptors (Lipinski definition) is 4. The van der Waals surface area contributed by atoms with Crippen LogP contribution in [0.3, 0.4) is 0 Å². The first-order valence-electron chi connectivity index (χ1n) is 10.8. The van der Waals surface area contributed by atoms with E-state index >= 15 is 0 Å². The van der Waals surface area contributed by atoms with Gasteiger partial charge in [0, 0.05) is 18.1 Å². The van der Waals surface area contributed by atoms with Gasteiger partial charge in [-0.3, -0.25) is 9.55 Å². The molecule has 0 aliphatic heterocycles. The van der Waals surface area contributed by atoms with Gasteiger partial charge in [0.2, 0.25) is 0 Å². The fourth-order valence-corrected chi connectivity index (χ4v) is 4.11. The third-order valence-corrected chi connectivity index (χ3v) is 6.05. The third-order valence-electron chi connectivity index (χ3n) is 5.15. The summed E-state index contributed by atoms with van der Waals surface area (Å²) in [7, 11) is -3.92. The van der Waals surface area contributed by atoms with Crippen molar-refractivity contribution < 1.29 is 19.1 Å². The van der Waals surface area contributed by atoms with Gasteiger partial charge in [-0.05, 0) is 61.9 Å². The molecule has 0 saturated heterocycles. The maximum atomic E-state index is 10.9. The zero-order chi connectivity index (χ0) is 21.9. The molecule has 0 spiro atoms. The van der Waals surface area contributed by atoms with Crippen LogP contribution in [0.2, 0.25) is 0 Å². The average molecular weight is 442 g/mol. The Balaban J connectivity index is 1.47. The molecule has 3 rings (SSSR count). The molecule has 166 valence electrons. The molecular weight excluding hydrogens is 411 g/mol. The molecule has 1 aromatic heterocycles. The number of nitrogens with one attached hydrogen (secondary N) is 1. The Labute approximate surface area is 183 Å². The summed E-state index contributed by atoms with van der Waals surface area (Å²) in [5.74, 6) is 0.795. The maximum absolute atomic E-state index is 10.9. The van der Waals surface area contributed by atoms with Gasteiger partial charge in [-0.25, -0.2) is 0 Å². The number of aryl methyl sites for hydroxylation is 1. The number of fused-ring (bicyclic) bond motifs is 1. The van der Waals surface area contributed by atoms with Crippen LogP contribution in [0.4, 0.5) is 0 Å². The smallest absolute Gasteiger partial charge is 0.325 e. The van der Waals surface area contributed by atoms with Crippen LogP contribution in [0.15, 0.2) is 60.8 Å². The highest BCUT2D eigenvalue weighted by Gasteiger charge is 2.12. The number of rotatable bonds is 13. The first kappa shape index (κ1) is 23.4. The van der Waals surface area contributed by atoms with Crippen molar-refractivity contribution in [3.63, 3.8) is 0 Å². The van der Waals surface area contributed by atoms with E-state index < -0.39 is 7.60 Å². The van der Waals surface area contributed by atoms with E-state index in [-0.39, 0.29) is 6.16 Å². The van der Waals surface area contributed by atoms with Crippen molar-refractivity contribution in [2.75, 3.05) is 19.3 Å². The fraction of sp³-hybridized carbons (Fsp3) is 0.375. The normalized spacial score (nSPS) is 11.7. The molecule has 0 unspecified atom stereocenters. The number of unbranched alkanes of at least 4 members (excludes halogenated alkanes) is 2. The average Bonchev–Trinajstić information content (AvgIpc) is 2.76. The van der Waals surface area contributed by atoms with Gasteiger partial charge in [-0.1, -0.05) is 42.5 Å².